The largest absolute Gasteiger partial charge is 0.282 e. The number of aromatic nitrogens is 1. The van der Waals surface area contributed by atoms with Crippen LogP contribution in [0.2, 0.25) is 0 Å². The van der Waals surface area contributed by atoms with Crippen LogP contribution < -0.4 is 0 Å². The second kappa shape index (κ2) is 5.68. The Bertz CT molecular complexity index is 994. The van der Waals surface area contributed by atoms with Crippen molar-refractivity contribution in [1.29, 1.82) is 0 Å². The van der Waals surface area contributed by atoms with Crippen LogP contribution in [-0.2, 0) is 0 Å². The molecule has 0 saturated heterocycles. The summed E-state index contributed by atoms with van der Waals surface area (Å²) < 4.78 is 2.24. The van der Waals surface area contributed by atoms with Crippen LogP contribution in [0.15, 0.2) is 66.7 Å². The molecule has 2 heteroatoms. The second-order valence-corrected chi connectivity index (χ2v) is 7.27. The average molecular weight is 411 g/mol. The first-order chi connectivity index (χ1) is 11.1. The van der Waals surface area contributed by atoms with Crippen LogP contribution in [0.4, 0.5) is 0 Å². The van der Waals surface area contributed by atoms with Crippen molar-refractivity contribution in [1.82, 2.24) is 2.78 Å². The van der Waals surface area contributed by atoms with Crippen LogP contribution in [-0.4, -0.2) is 2.78 Å². The lowest BCUT2D eigenvalue weighted by Crippen LogP contribution is -1.86. The van der Waals surface area contributed by atoms with Gasteiger partial charge in [0.25, 0.3) is 0 Å². The Morgan fingerprint density at radius 3 is 2.13 bits per heavy atom. The lowest BCUT2D eigenvalue weighted by molar-refractivity contribution is 0.867. The lowest BCUT2D eigenvalue weighted by atomic mass is 9.98. The predicted molar refractivity (Wildman–Crippen MR) is 108 cm³/mol. The van der Waals surface area contributed by atoms with Gasteiger partial charge in [-0.2, -0.15) is 0 Å². The molecule has 1 nitrogen and oxygen atoms in total. The van der Waals surface area contributed by atoms with Gasteiger partial charge in [-0.25, -0.2) is 0 Å². The highest BCUT2D eigenvalue weighted by Crippen LogP contribution is 2.34. The molecule has 0 saturated carbocycles. The van der Waals surface area contributed by atoms with Gasteiger partial charge in [-0.3, -0.25) is 2.78 Å². The van der Waals surface area contributed by atoms with E-state index in [1.165, 1.54) is 38.5 Å². The fraction of sp³-hybridized carbons (Fsp3) is 0.143. The normalized spacial score (nSPS) is 11.7. The first-order valence-electron chi connectivity index (χ1n) is 7.95. The number of hydrogen-bond donors (Lipinski definition) is 0. The number of benzene rings is 3. The second-order valence-electron chi connectivity index (χ2n) is 6.31. The first-order valence-corrected chi connectivity index (χ1v) is 8.91. The molecule has 4 rings (SSSR count). The Balaban J connectivity index is 1.90. The number of fused-ring (bicyclic) bond motifs is 3. The number of halogens is 1. The van der Waals surface area contributed by atoms with E-state index in [-0.39, 0.29) is 0 Å². The van der Waals surface area contributed by atoms with Gasteiger partial charge < -0.3 is 0 Å². The maximum absolute atomic E-state index is 2.39. The fourth-order valence-electron chi connectivity index (χ4n) is 3.17. The average Bonchev–Trinajstić information content (AvgIpc) is 2.88. The van der Waals surface area contributed by atoms with Crippen molar-refractivity contribution in [2.75, 3.05) is 0 Å². The van der Waals surface area contributed by atoms with Gasteiger partial charge >= 0.3 is 0 Å². The zero-order valence-corrected chi connectivity index (χ0v) is 15.4. The molecule has 0 fully saturated rings. The van der Waals surface area contributed by atoms with E-state index >= 15 is 0 Å². The Labute approximate surface area is 150 Å². The summed E-state index contributed by atoms with van der Waals surface area (Å²) in [5, 5.41) is 2.64. The van der Waals surface area contributed by atoms with Crippen molar-refractivity contribution in [3.05, 3.63) is 72.3 Å². The molecule has 0 bridgehead atoms. The molecule has 0 amide bonds. The molecular weight excluding hydrogens is 393 g/mol. The van der Waals surface area contributed by atoms with Crippen molar-refractivity contribution < 1.29 is 0 Å². The molecule has 114 valence electrons. The Hall–Kier alpha value is -1.81. The van der Waals surface area contributed by atoms with E-state index in [9.17, 15) is 0 Å². The number of hydrogen-bond acceptors (Lipinski definition) is 0. The van der Waals surface area contributed by atoms with E-state index in [4.69, 9.17) is 0 Å². The van der Waals surface area contributed by atoms with Gasteiger partial charge in [0.15, 0.2) is 0 Å². The van der Waals surface area contributed by atoms with Gasteiger partial charge in [0.1, 0.15) is 0 Å². The molecule has 1 heterocycles. The van der Waals surface area contributed by atoms with E-state index in [1.54, 1.807) is 0 Å². The summed E-state index contributed by atoms with van der Waals surface area (Å²) in [5.74, 6) is 0.573. The van der Waals surface area contributed by atoms with Crippen LogP contribution in [0.5, 0.6) is 0 Å². The smallest absolute Gasteiger partial charge is 0.0646 e. The predicted octanol–water partition coefficient (Wildman–Crippen LogP) is 6.78. The van der Waals surface area contributed by atoms with Crippen LogP contribution in [0.25, 0.3) is 32.9 Å². The minimum absolute atomic E-state index is 0.573. The zero-order chi connectivity index (χ0) is 16.0. The van der Waals surface area contributed by atoms with Gasteiger partial charge in [-0.1, -0.05) is 62.4 Å². The van der Waals surface area contributed by atoms with E-state index in [1.807, 2.05) is 0 Å². The van der Waals surface area contributed by atoms with Gasteiger partial charge in [0.2, 0.25) is 0 Å². The third-order valence-corrected chi connectivity index (χ3v) is 5.56. The van der Waals surface area contributed by atoms with E-state index in [0.29, 0.717) is 5.92 Å². The molecule has 0 aliphatic rings. The monoisotopic (exact) mass is 411 g/mol. The van der Waals surface area contributed by atoms with Crippen molar-refractivity contribution in [3.63, 3.8) is 0 Å². The SMILES string of the molecule is CC(C)c1ccc(-c2ccc3c(c2)c2ccccc2n3I)cc1. The fourth-order valence-corrected chi connectivity index (χ4v) is 4.01. The standard InChI is InChI=1S/C21H18IN/c1-14(2)15-7-9-16(10-8-15)17-11-12-21-19(13-17)18-5-3-4-6-20(18)23(21)22/h3-14H,1-2H3. The molecule has 3 aromatic carbocycles. The van der Waals surface area contributed by atoms with Crippen LogP contribution in [0.1, 0.15) is 25.3 Å². The summed E-state index contributed by atoms with van der Waals surface area (Å²) in [6, 6.07) is 24.3. The summed E-state index contributed by atoms with van der Waals surface area (Å²) in [5.41, 5.74) is 6.49. The van der Waals surface area contributed by atoms with Crippen molar-refractivity contribution in [3.8, 4) is 11.1 Å². The maximum atomic E-state index is 2.39. The lowest BCUT2D eigenvalue weighted by Gasteiger charge is -2.07. The highest BCUT2D eigenvalue weighted by molar-refractivity contribution is 14.1. The molecule has 23 heavy (non-hydrogen) atoms. The number of rotatable bonds is 2. The topological polar surface area (TPSA) is 4.93 Å². The summed E-state index contributed by atoms with van der Waals surface area (Å²) in [4.78, 5) is 0. The van der Waals surface area contributed by atoms with Crippen LogP contribution in [0.3, 0.4) is 0 Å². The summed E-state index contributed by atoms with van der Waals surface area (Å²) >= 11 is 2.39. The van der Waals surface area contributed by atoms with Gasteiger partial charge in [-0.05, 0) is 40.8 Å². The van der Waals surface area contributed by atoms with E-state index in [2.05, 4.69) is 106 Å². The van der Waals surface area contributed by atoms with Gasteiger partial charge in [0, 0.05) is 10.8 Å². The minimum atomic E-state index is 0.573. The summed E-state index contributed by atoms with van der Waals surface area (Å²) in [6.07, 6.45) is 0. The van der Waals surface area contributed by atoms with E-state index < -0.39 is 0 Å². The number of nitrogens with zero attached hydrogens (tertiary/aromatic N) is 1. The van der Waals surface area contributed by atoms with Crippen molar-refractivity contribution in [2.24, 2.45) is 0 Å². The number of para-hydroxylation sites is 1. The van der Waals surface area contributed by atoms with Crippen LogP contribution in [0, 0.1) is 0 Å². The maximum Gasteiger partial charge on any atom is 0.0646 e. The van der Waals surface area contributed by atoms with Crippen LogP contribution >= 0.6 is 22.9 Å². The molecule has 0 radical (unpaired) electrons. The van der Waals surface area contributed by atoms with Crippen molar-refractivity contribution in [2.45, 2.75) is 19.8 Å². The first kappa shape index (κ1) is 14.8. The zero-order valence-electron chi connectivity index (χ0n) is 13.3. The molecule has 0 spiro atoms. The molecule has 0 aliphatic carbocycles. The van der Waals surface area contributed by atoms with Gasteiger partial charge in [-0.15, -0.1) is 0 Å². The molecule has 0 unspecified atom stereocenters. The molecule has 1 aromatic heterocycles. The highest BCUT2D eigenvalue weighted by atomic mass is 127. The molecule has 4 aromatic rings. The molecule has 0 atom stereocenters. The van der Waals surface area contributed by atoms with Crippen molar-refractivity contribution >= 4 is 44.7 Å². The third kappa shape index (κ3) is 2.45. The quantitative estimate of drug-likeness (QED) is 0.320. The summed E-state index contributed by atoms with van der Waals surface area (Å²) in [6.45, 7) is 4.46. The Kier molecular flexibility index (Phi) is 3.64. The Morgan fingerprint density at radius 1 is 0.739 bits per heavy atom. The highest BCUT2D eigenvalue weighted by Gasteiger charge is 2.10. The Morgan fingerprint density at radius 2 is 1.39 bits per heavy atom. The third-order valence-electron chi connectivity index (χ3n) is 4.52. The molecule has 0 aliphatic heterocycles. The molecule has 0 N–H and O–H groups in total. The molecular formula is C21H18IN. The van der Waals surface area contributed by atoms with Gasteiger partial charge in [0.05, 0.1) is 33.9 Å². The van der Waals surface area contributed by atoms with E-state index in [0.717, 1.165) is 0 Å². The minimum Gasteiger partial charge on any atom is -0.282 e. The summed E-state index contributed by atoms with van der Waals surface area (Å²) in [7, 11) is 0.